The molecule has 0 fully saturated rings. The molecule has 0 radical (unpaired) electrons. The number of nitrogens with one attached hydrogen (secondary N) is 1. The van der Waals surface area contributed by atoms with Gasteiger partial charge in [-0.25, -0.2) is 0 Å². The lowest BCUT2D eigenvalue weighted by Crippen LogP contribution is -2.18. The van der Waals surface area contributed by atoms with Crippen molar-refractivity contribution in [2.75, 3.05) is 14.2 Å². The predicted octanol–water partition coefficient (Wildman–Crippen LogP) is 3.96. The van der Waals surface area contributed by atoms with Crippen LogP contribution in [0.5, 0.6) is 5.75 Å². The molecule has 0 spiro atoms. The first-order valence-corrected chi connectivity index (χ1v) is 7.51. The lowest BCUT2D eigenvalue weighted by Gasteiger charge is -2.20. The lowest BCUT2D eigenvalue weighted by atomic mass is 9.98. The quantitative estimate of drug-likeness (QED) is 0.861. The second-order valence-corrected chi connectivity index (χ2v) is 5.54. The van der Waals surface area contributed by atoms with E-state index in [1.165, 1.54) is 16.7 Å². The molecule has 1 unspecified atom stereocenters. The Labute approximate surface area is 119 Å². The van der Waals surface area contributed by atoms with Crippen LogP contribution in [0.4, 0.5) is 0 Å². The summed E-state index contributed by atoms with van der Waals surface area (Å²) in [4.78, 5) is 0. The van der Waals surface area contributed by atoms with E-state index >= 15 is 0 Å². The van der Waals surface area contributed by atoms with Gasteiger partial charge in [-0.3, -0.25) is 0 Å². The molecule has 2 rings (SSSR count). The van der Waals surface area contributed by atoms with Gasteiger partial charge >= 0.3 is 0 Å². The van der Waals surface area contributed by atoms with Crippen LogP contribution >= 0.6 is 11.3 Å². The molecule has 1 N–H and O–H groups in total. The van der Waals surface area contributed by atoms with E-state index in [1.54, 1.807) is 18.4 Å². The first-order chi connectivity index (χ1) is 9.24. The molecule has 3 heteroatoms. The fourth-order valence-electron chi connectivity index (χ4n) is 2.33. The maximum Gasteiger partial charge on any atom is 0.123 e. The van der Waals surface area contributed by atoms with Crippen LogP contribution in [0.25, 0.3) is 0 Å². The summed E-state index contributed by atoms with van der Waals surface area (Å²) >= 11 is 1.76. The highest BCUT2D eigenvalue weighted by Crippen LogP contribution is 2.29. The molecule has 0 aliphatic carbocycles. The molecule has 1 heterocycles. The molecule has 0 saturated heterocycles. The summed E-state index contributed by atoms with van der Waals surface area (Å²) in [7, 11) is 3.75. The van der Waals surface area contributed by atoms with Crippen molar-refractivity contribution in [3.63, 3.8) is 0 Å². The van der Waals surface area contributed by atoms with Crippen molar-refractivity contribution >= 4 is 11.3 Å². The minimum atomic E-state index is 0.328. The molecule has 0 saturated carbocycles. The highest BCUT2D eigenvalue weighted by Gasteiger charge is 2.14. The summed E-state index contributed by atoms with van der Waals surface area (Å²) in [6.07, 6.45) is 2.17. The van der Waals surface area contributed by atoms with Crippen LogP contribution in [0.3, 0.4) is 0 Å². The van der Waals surface area contributed by atoms with Crippen molar-refractivity contribution in [2.45, 2.75) is 25.8 Å². The summed E-state index contributed by atoms with van der Waals surface area (Å²) in [6.45, 7) is 2.12. The second-order valence-electron chi connectivity index (χ2n) is 4.76. The van der Waals surface area contributed by atoms with Gasteiger partial charge in [0.15, 0.2) is 0 Å². The lowest BCUT2D eigenvalue weighted by molar-refractivity contribution is 0.398. The first kappa shape index (κ1) is 14.1. The Balaban J connectivity index is 2.14. The number of ether oxygens (including phenoxy) is 1. The van der Waals surface area contributed by atoms with Gasteiger partial charge in [-0.1, -0.05) is 17.7 Å². The van der Waals surface area contributed by atoms with E-state index in [0.29, 0.717) is 6.04 Å². The minimum absolute atomic E-state index is 0.328. The molecule has 0 bridgehead atoms. The molecule has 2 nitrogen and oxygen atoms in total. The van der Waals surface area contributed by atoms with Gasteiger partial charge in [-0.15, -0.1) is 0 Å². The molecule has 1 atom stereocenters. The highest BCUT2D eigenvalue weighted by molar-refractivity contribution is 7.07. The molecule has 19 heavy (non-hydrogen) atoms. The van der Waals surface area contributed by atoms with Gasteiger partial charge in [0, 0.05) is 11.6 Å². The van der Waals surface area contributed by atoms with Crippen molar-refractivity contribution in [3.05, 3.63) is 51.7 Å². The molecular formula is C16H21NOS. The fraction of sp³-hybridized carbons (Fsp3) is 0.375. The van der Waals surface area contributed by atoms with Crippen molar-refractivity contribution < 1.29 is 4.74 Å². The Morgan fingerprint density at radius 1 is 1.32 bits per heavy atom. The van der Waals surface area contributed by atoms with E-state index in [0.717, 1.165) is 18.6 Å². The largest absolute Gasteiger partial charge is 0.496 e. The van der Waals surface area contributed by atoms with Crippen molar-refractivity contribution in [3.8, 4) is 5.75 Å². The third-order valence-electron chi connectivity index (χ3n) is 3.41. The average Bonchev–Trinajstić information content (AvgIpc) is 2.93. The molecule has 2 aromatic rings. The number of rotatable bonds is 6. The Kier molecular flexibility index (Phi) is 5.00. The van der Waals surface area contributed by atoms with Gasteiger partial charge < -0.3 is 10.1 Å². The zero-order valence-corrected chi connectivity index (χ0v) is 12.6. The topological polar surface area (TPSA) is 21.3 Å². The highest BCUT2D eigenvalue weighted by atomic mass is 32.1. The Bertz CT molecular complexity index is 507. The van der Waals surface area contributed by atoms with E-state index in [-0.39, 0.29) is 0 Å². The van der Waals surface area contributed by atoms with Crippen molar-refractivity contribution in [2.24, 2.45) is 0 Å². The third kappa shape index (κ3) is 3.58. The standard InChI is InChI=1S/C16H21NOS/c1-12-4-7-16(18-3)14(10-12)15(17-2)6-5-13-8-9-19-11-13/h4,7-11,15,17H,5-6H2,1-3H3. The summed E-state index contributed by atoms with van der Waals surface area (Å²) in [6, 6.07) is 8.89. The van der Waals surface area contributed by atoms with E-state index in [1.807, 2.05) is 7.05 Å². The summed E-state index contributed by atoms with van der Waals surface area (Å²) in [5, 5.41) is 7.76. The molecular weight excluding hydrogens is 254 g/mol. The van der Waals surface area contributed by atoms with E-state index in [2.05, 4.69) is 47.3 Å². The van der Waals surface area contributed by atoms with Crippen LogP contribution in [-0.4, -0.2) is 14.2 Å². The van der Waals surface area contributed by atoms with Crippen LogP contribution in [0.15, 0.2) is 35.0 Å². The SMILES string of the molecule is CNC(CCc1ccsc1)c1cc(C)ccc1OC. The van der Waals surface area contributed by atoms with Crippen LogP contribution in [0.2, 0.25) is 0 Å². The molecule has 1 aromatic heterocycles. The maximum atomic E-state index is 5.48. The molecule has 102 valence electrons. The summed E-state index contributed by atoms with van der Waals surface area (Å²) in [5.74, 6) is 0.968. The first-order valence-electron chi connectivity index (χ1n) is 6.57. The van der Waals surface area contributed by atoms with Crippen molar-refractivity contribution in [1.82, 2.24) is 5.32 Å². The summed E-state index contributed by atoms with van der Waals surface area (Å²) < 4.78 is 5.48. The smallest absolute Gasteiger partial charge is 0.123 e. The molecule has 1 aromatic carbocycles. The number of benzene rings is 1. The van der Waals surface area contributed by atoms with E-state index in [4.69, 9.17) is 4.74 Å². The van der Waals surface area contributed by atoms with Gasteiger partial charge in [0.25, 0.3) is 0 Å². The Morgan fingerprint density at radius 3 is 2.79 bits per heavy atom. The zero-order valence-electron chi connectivity index (χ0n) is 11.8. The van der Waals surface area contributed by atoms with Crippen LogP contribution in [-0.2, 0) is 6.42 Å². The summed E-state index contributed by atoms with van der Waals surface area (Å²) in [5.41, 5.74) is 3.93. The normalized spacial score (nSPS) is 12.4. The third-order valence-corrected chi connectivity index (χ3v) is 4.14. The number of methoxy groups -OCH3 is 1. The predicted molar refractivity (Wildman–Crippen MR) is 82.2 cm³/mol. The average molecular weight is 275 g/mol. The van der Waals surface area contributed by atoms with Crippen LogP contribution < -0.4 is 10.1 Å². The van der Waals surface area contributed by atoms with E-state index in [9.17, 15) is 0 Å². The molecule has 0 aliphatic rings. The number of hydrogen-bond acceptors (Lipinski definition) is 3. The number of thiophene rings is 1. The fourth-order valence-corrected chi connectivity index (χ4v) is 3.03. The molecule has 0 amide bonds. The molecule has 0 aliphatic heterocycles. The minimum Gasteiger partial charge on any atom is -0.496 e. The zero-order chi connectivity index (χ0) is 13.7. The maximum absolute atomic E-state index is 5.48. The van der Waals surface area contributed by atoms with Crippen molar-refractivity contribution in [1.29, 1.82) is 0 Å². The number of hydrogen-bond donors (Lipinski definition) is 1. The number of aryl methyl sites for hydroxylation is 2. The Hall–Kier alpha value is -1.32. The van der Waals surface area contributed by atoms with Gasteiger partial charge in [0.1, 0.15) is 5.75 Å². The van der Waals surface area contributed by atoms with Gasteiger partial charge in [0.2, 0.25) is 0 Å². The van der Waals surface area contributed by atoms with Gasteiger partial charge in [-0.05, 0) is 55.3 Å². The second kappa shape index (κ2) is 6.73. The Morgan fingerprint density at radius 2 is 2.16 bits per heavy atom. The van der Waals surface area contributed by atoms with Crippen LogP contribution in [0, 0.1) is 6.92 Å². The van der Waals surface area contributed by atoms with Crippen LogP contribution in [0.1, 0.15) is 29.2 Å². The van der Waals surface area contributed by atoms with Gasteiger partial charge in [-0.2, -0.15) is 11.3 Å². The monoisotopic (exact) mass is 275 g/mol. The van der Waals surface area contributed by atoms with E-state index < -0.39 is 0 Å². The van der Waals surface area contributed by atoms with Gasteiger partial charge in [0.05, 0.1) is 7.11 Å².